The van der Waals surface area contributed by atoms with E-state index in [2.05, 4.69) is 26.0 Å². The zero-order valence-electron chi connectivity index (χ0n) is 18.5. The predicted molar refractivity (Wildman–Crippen MR) is 123 cm³/mol. The Kier molecular flexibility index (Phi) is 6.25. The van der Waals surface area contributed by atoms with Crippen LogP contribution in [0.1, 0.15) is 17.0 Å². The summed E-state index contributed by atoms with van der Waals surface area (Å²) in [7, 11) is 1.79. The molecular weight excluding hydrogens is 424 g/mol. The smallest absolute Gasteiger partial charge is 0.319 e. The van der Waals surface area contributed by atoms with Gasteiger partial charge in [0.2, 0.25) is 5.88 Å². The molecule has 170 valence electrons. The molecule has 0 radical (unpaired) electrons. The van der Waals surface area contributed by atoms with Gasteiger partial charge in [-0.25, -0.2) is 14.5 Å². The number of carbonyl (C=O) groups is 2. The number of aryl methyl sites for hydroxylation is 3. The first kappa shape index (κ1) is 21.9. The van der Waals surface area contributed by atoms with Crippen LogP contribution in [0.2, 0.25) is 0 Å². The molecule has 33 heavy (non-hydrogen) atoms. The number of nitrogens with one attached hydrogen (secondary N) is 3. The number of furan rings is 1. The number of nitrogens with zero attached hydrogens (tertiary/aromatic N) is 3. The molecule has 0 saturated carbocycles. The predicted octanol–water partition coefficient (Wildman–Crippen LogP) is 3.52. The van der Waals surface area contributed by atoms with E-state index in [0.29, 0.717) is 28.7 Å². The van der Waals surface area contributed by atoms with Crippen molar-refractivity contribution >= 4 is 34.3 Å². The van der Waals surface area contributed by atoms with Crippen molar-refractivity contribution in [3.8, 4) is 5.88 Å². The summed E-state index contributed by atoms with van der Waals surface area (Å²) in [4.78, 5) is 28.8. The van der Waals surface area contributed by atoms with Crippen molar-refractivity contribution in [2.45, 2.75) is 20.4 Å². The number of amides is 3. The quantitative estimate of drug-likeness (QED) is 0.398. The molecular formula is C23H24N6O4. The van der Waals surface area contributed by atoms with Crippen molar-refractivity contribution in [1.82, 2.24) is 20.1 Å². The third-order valence-electron chi connectivity index (χ3n) is 4.86. The maximum atomic E-state index is 12.4. The van der Waals surface area contributed by atoms with Crippen molar-refractivity contribution in [1.29, 1.82) is 0 Å². The van der Waals surface area contributed by atoms with Gasteiger partial charge in [-0.2, -0.15) is 0 Å². The van der Waals surface area contributed by atoms with Gasteiger partial charge in [-0.1, -0.05) is 0 Å². The Hall–Kier alpha value is -4.34. The SMILES string of the molecule is Cc1cc(C)c2c(OCC(=O)Nc3ccc(NC(=O)NCc4ccco4)cc3)nn(C)c2n1. The molecule has 0 bridgehead atoms. The number of pyridine rings is 1. The van der Waals surface area contributed by atoms with Crippen LogP contribution in [-0.2, 0) is 18.4 Å². The Balaban J connectivity index is 1.29. The van der Waals surface area contributed by atoms with E-state index in [-0.39, 0.29) is 25.1 Å². The summed E-state index contributed by atoms with van der Waals surface area (Å²) < 4.78 is 12.5. The molecule has 4 rings (SSSR count). The molecule has 3 aromatic heterocycles. The van der Waals surface area contributed by atoms with Crippen molar-refractivity contribution < 1.29 is 18.7 Å². The third-order valence-corrected chi connectivity index (χ3v) is 4.86. The van der Waals surface area contributed by atoms with E-state index >= 15 is 0 Å². The van der Waals surface area contributed by atoms with E-state index < -0.39 is 0 Å². The lowest BCUT2D eigenvalue weighted by atomic mass is 10.2. The molecule has 0 atom stereocenters. The average molecular weight is 448 g/mol. The second kappa shape index (κ2) is 9.43. The van der Waals surface area contributed by atoms with Gasteiger partial charge >= 0.3 is 6.03 Å². The number of aromatic nitrogens is 3. The maximum absolute atomic E-state index is 12.4. The fourth-order valence-electron chi connectivity index (χ4n) is 3.37. The highest BCUT2D eigenvalue weighted by Crippen LogP contribution is 2.27. The van der Waals surface area contributed by atoms with Gasteiger partial charge < -0.3 is 25.1 Å². The normalized spacial score (nSPS) is 10.8. The summed E-state index contributed by atoms with van der Waals surface area (Å²) in [6.07, 6.45) is 1.55. The lowest BCUT2D eigenvalue weighted by Crippen LogP contribution is -2.28. The molecule has 10 heteroatoms. The highest BCUT2D eigenvalue weighted by Gasteiger charge is 2.15. The molecule has 0 aliphatic rings. The lowest BCUT2D eigenvalue weighted by molar-refractivity contribution is -0.118. The minimum absolute atomic E-state index is 0.200. The molecule has 3 amide bonds. The summed E-state index contributed by atoms with van der Waals surface area (Å²) in [5, 5.41) is 13.3. The van der Waals surface area contributed by atoms with Gasteiger partial charge in [-0.15, -0.1) is 5.10 Å². The van der Waals surface area contributed by atoms with E-state index in [0.717, 1.165) is 16.6 Å². The largest absolute Gasteiger partial charge is 0.467 e. The number of fused-ring (bicyclic) bond motifs is 1. The highest BCUT2D eigenvalue weighted by molar-refractivity contribution is 5.93. The molecule has 0 saturated heterocycles. The van der Waals surface area contributed by atoms with E-state index in [9.17, 15) is 9.59 Å². The zero-order valence-corrected chi connectivity index (χ0v) is 18.5. The highest BCUT2D eigenvalue weighted by atomic mass is 16.5. The molecule has 0 spiro atoms. The molecule has 10 nitrogen and oxygen atoms in total. The Labute approximate surface area is 189 Å². The van der Waals surface area contributed by atoms with Crippen LogP contribution >= 0.6 is 0 Å². The van der Waals surface area contributed by atoms with Gasteiger partial charge in [0.05, 0.1) is 18.2 Å². The van der Waals surface area contributed by atoms with Crippen molar-refractivity contribution in [3.05, 3.63) is 65.7 Å². The molecule has 3 N–H and O–H groups in total. The van der Waals surface area contributed by atoms with Crippen LogP contribution < -0.4 is 20.7 Å². The minimum Gasteiger partial charge on any atom is -0.467 e. The van der Waals surface area contributed by atoms with Crippen LogP contribution in [0.15, 0.2) is 53.1 Å². The van der Waals surface area contributed by atoms with Gasteiger partial charge in [0.25, 0.3) is 5.91 Å². The number of carbonyl (C=O) groups excluding carboxylic acids is 2. The Bertz CT molecular complexity index is 1280. The molecule has 4 aromatic rings. The number of hydrogen-bond acceptors (Lipinski definition) is 6. The second-order valence-corrected chi connectivity index (χ2v) is 7.51. The van der Waals surface area contributed by atoms with Crippen LogP contribution in [0.25, 0.3) is 11.0 Å². The number of hydrogen-bond donors (Lipinski definition) is 3. The van der Waals surface area contributed by atoms with E-state index in [1.807, 2.05) is 19.9 Å². The first-order valence-electron chi connectivity index (χ1n) is 10.3. The fourth-order valence-corrected chi connectivity index (χ4v) is 3.37. The summed E-state index contributed by atoms with van der Waals surface area (Å²) in [6.45, 7) is 3.96. The number of urea groups is 1. The van der Waals surface area contributed by atoms with E-state index in [4.69, 9.17) is 9.15 Å². The molecule has 1 aromatic carbocycles. The number of benzene rings is 1. The summed E-state index contributed by atoms with van der Waals surface area (Å²) in [5.74, 6) is 0.696. The first-order chi connectivity index (χ1) is 15.9. The van der Waals surface area contributed by atoms with Crippen molar-refractivity contribution in [3.63, 3.8) is 0 Å². The van der Waals surface area contributed by atoms with Crippen molar-refractivity contribution in [2.75, 3.05) is 17.2 Å². The van der Waals surface area contributed by atoms with Gasteiger partial charge in [0, 0.05) is 24.1 Å². The third kappa shape index (κ3) is 5.29. The second-order valence-electron chi connectivity index (χ2n) is 7.51. The summed E-state index contributed by atoms with van der Waals surface area (Å²) in [6, 6.07) is 11.9. The van der Waals surface area contributed by atoms with Gasteiger partial charge in [0.1, 0.15) is 5.76 Å². The molecule has 0 aliphatic carbocycles. The number of rotatable bonds is 7. The lowest BCUT2D eigenvalue weighted by Gasteiger charge is -2.09. The standard InChI is InChI=1S/C23H24N6O4/c1-14-11-15(2)25-21-20(14)22(28-29(21)3)33-13-19(30)26-16-6-8-17(9-7-16)27-23(31)24-12-18-5-4-10-32-18/h4-11H,12-13H2,1-3H3,(H,26,30)(H2,24,27,31). The molecule has 3 heterocycles. The molecule has 0 aliphatic heterocycles. The Morgan fingerprint density at radius 1 is 1.09 bits per heavy atom. The Morgan fingerprint density at radius 3 is 2.52 bits per heavy atom. The van der Waals surface area contributed by atoms with Gasteiger partial charge in [-0.05, 0) is 61.9 Å². The molecule has 0 fully saturated rings. The zero-order chi connectivity index (χ0) is 23.4. The van der Waals surface area contributed by atoms with Crippen LogP contribution in [-0.4, -0.2) is 33.3 Å². The van der Waals surface area contributed by atoms with Gasteiger partial charge in [0.15, 0.2) is 12.3 Å². The maximum Gasteiger partial charge on any atom is 0.319 e. The average Bonchev–Trinajstić information content (AvgIpc) is 3.40. The summed E-state index contributed by atoms with van der Waals surface area (Å²) in [5.41, 5.74) is 3.74. The van der Waals surface area contributed by atoms with Crippen LogP contribution in [0.5, 0.6) is 5.88 Å². The van der Waals surface area contributed by atoms with E-state index in [1.54, 1.807) is 54.4 Å². The van der Waals surface area contributed by atoms with Crippen molar-refractivity contribution in [2.24, 2.45) is 7.05 Å². The van der Waals surface area contributed by atoms with Crippen LogP contribution in [0, 0.1) is 13.8 Å². The fraction of sp³-hybridized carbons (Fsp3) is 0.217. The number of ether oxygens (including phenoxy) is 1. The summed E-state index contributed by atoms with van der Waals surface area (Å²) >= 11 is 0. The van der Waals surface area contributed by atoms with Gasteiger partial charge in [-0.3, -0.25) is 4.79 Å². The topological polar surface area (TPSA) is 123 Å². The van der Waals surface area contributed by atoms with Crippen LogP contribution in [0.3, 0.4) is 0 Å². The van der Waals surface area contributed by atoms with Crippen LogP contribution in [0.4, 0.5) is 16.2 Å². The van der Waals surface area contributed by atoms with E-state index in [1.165, 1.54) is 0 Å². The Morgan fingerprint density at radius 2 is 1.82 bits per heavy atom. The first-order valence-corrected chi connectivity index (χ1v) is 10.3. The number of anilines is 2. The minimum atomic E-state index is -0.362. The molecule has 0 unspecified atom stereocenters. The monoisotopic (exact) mass is 448 g/mol.